The molecule has 4 nitrogen and oxygen atoms in total. The van der Waals surface area contributed by atoms with Crippen LogP contribution in [0.15, 0.2) is 12.3 Å². The number of nitrogens with zero attached hydrogens (tertiary/aromatic N) is 2. The van der Waals surface area contributed by atoms with E-state index in [-0.39, 0.29) is 6.04 Å². The molecule has 114 valence electrons. The van der Waals surface area contributed by atoms with Gasteiger partial charge < -0.3 is 8.92 Å². The van der Waals surface area contributed by atoms with Gasteiger partial charge in [0.25, 0.3) is 0 Å². The van der Waals surface area contributed by atoms with Crippen molar-refractivity contribution in [3.05, 3.63) is 23.0 Å². The molecule has 1 aromatic rings. The quantitative estimate of drug-likeness (QED) is 0.380. The number of hydrogen-bond donors (Lipinski definition) is 0. The lowest BCUT2D eigenvalue weighted by Gasteiger charge is -2.25. The highest BCUT2D eigenvalue weighted by molar-refractivity contribution is 7.92. The van der Waals surface area contributed by atoms with Gasteiger partial charge in [0.2, 0.25) is 0 Å². The Bertz CT molecular complexity index is 407. The Balaban J connectivity index is 2.65. The number of unbranched alkanes of at least 4 members (excludes halogenated alkanes) is 1. The minimum Gasteiger partial charge on any atom is -0.494 e. The van der Waals surface area contributed by atoms with E-state index >= 15 is 0 Å². The third-order valence-corrected chi connectivity index (χ3v) is 4.30. The number of halogens is 1. The predicted molar refractivity (Wildman–Crippen MR) is 85.0 cm³/mol. The Morgan fingerprint density at radius 1 is 1.45 bits per heavy atom. The van der Waals surface area contributed by atoms with Crippen molar-refractivity contribution < 1.29 is 8.92 Å². The second-order valence-corrected chi connectivity index (χ2v) is 5.66. The molecule has 1 unspecified atom stereocenters. The van der Waals surface area contributed by atoms with Gasteiger partial charge in [0, 0.05) is 6.54 Å². The Labute approximate surface area is 131 Å². The van der Waals surface area contributed by atoms with Gasteiger partial charge in [-0.1, -0.05) is 31.9 Å². The van der Waals surface area contributed by atoms with Gasteiger partial charge in [-0.05, 0) is 19.4 Å². The number of hydrogen-bond acceptors (Lipinski definition) is 5. The van der Waals surface area contributed by atoms with Gasteiger partial charge in [0.15, 0.2) is 5.75 Å². The molecule has 6 heteroatoms. The summed E-state index contributed by atoms with van der Waals surface area (Å²) in [5, 5.41) is 0.581. The molecule has 20 heavy (non-hydrogen) atoms. The first-order valence-corrected chi connectivity index (χ1v) is 7.97. The standard InChI is InChI=1S/C14H23ClN2O2S/c1-5-7-8-19-20-17(6-2)11(3)13-9-12(15)14(18-4)10-16-13/h9-11H,5-8H2,1-4H3. The summed E-state index contributed by atoms with van der Waals surface area (Å²) < 4.78 is 12.9. The highest BCUT2D eigenvalue weighted by Crippen LogP contribution is 2.30. The zero-order chi connectivity index (χ0) is 15.0. The molecule has 0 saturated heterocycles. The first-order valence-electron chi connectivity index (χ1n) is 6.89. The number of methoxy groups -OCH3 is 1. The fourth-order valence-electron chi connectivity index (χ4n) is 1.66. The third kappa shape index (κ3) is 5.13. The third-order valence-electron chi connectivity index (χ3n) is 2.96. The van der Waals surface area contributed by atoms with Gasteiger partial charge in [0.1, 0.15) is 0 Å². The maximum absolute atomic E-state index is 6.15. The molecule has 0 aliphatic heterocycles. The van der Waals surface area contributed by atoms with Gasteiger partial charge in [-0.25, -0.2) is 4.31 Å². The molecule has 0 radical (unpaired) electrons. The Hall–Kier alpha value is -0.490. The molecule has 0 fully saturated rings. The molecule has 1 rings (SSSR count). The highest BCUT2D eigenvalue weighted by Gasteiger charge is 2.18. The summed E-state index contributed by atoms with van der Waals surface area (Å²) >= 11 is 7.54. The highest BCUT2D eigenvalue weighted by atomic mass is 35.5. The molecule has 1 atom stereocenters. The number of pyridine rings is 1. The van der Waals surface area contributed by atoms with E-state index in [2.05, 4.69) is 30.1 Å². The second kappa shape index (κ2) is 9.45. The minimum absolute atomic E-state index is 0.120. The van der Waals surface area contributed by atoms with Gasteiger partial charge in [-0.15, -0.1) is 0 Å². The zero-order valence-corrected chi connectivity index (χ0v) is 14.1. The fourth-order valence-corrected chi connectivity index (χ4v) is 2.57. The minimum atomic E-state index is 0.120. The molecule has 0 spiro atoms. The van der Waals surface area contributed by atoms with Gasteiger partial charge in [0.05, 0.1) is 48.9 Å². The lowest BCUT2D eigenvalue weighted by molar-refractivity contribution is 0.306. The summed E-state index contributed by atoms with van der Waals surface area (Å²) in [5.74, 6) is 0.595. The summed E-state index contributed by atoms with van der Waals surface area (Å²) in [5.41, 5.74) is 0.907. The predicted octanol–water partition coefficient (Wildman–Crippen LogP) is 4.51. The molecule has 0 saturated carbocycles. The summed E-state index contributed by atoms with van der Waals surface area (Å²) in [6.45, 7) is 7.96. The molecule has 0 N–H and O–H groups in total. The normalized spacial score (nSPS) is 12.7. The lowest BCUT2D eigenvalue weighted by Crippen LogP contribution is -2.21. The molecular weight excluding hydrogens is 296 g/mol. The smallest absolute Gasteiger partial charge is 0.155 e. The topological polar surface area (TPSA) is 34.6 Å². The van der Waals surface area contributed by atoms with Crippen LogP contribution < -0.4 is 4.74 Å². The average Bonchev–Trinajstić information content (AvgIpc) is 2.46. The van der Waals surface area contributed by atoms with Crippen molar-refractivity contribution in [3.8, 4) is 5.75 Å². The average molecular weight is 319 g/mol. The van der Waals surface area contributed by atoms with Crippen molar-refractivity contribution in [2.75, 3.05) is 20.3 Å². The molecule has 1 heterocycles. The molecule has 0 amide bonds. The van der Waals surface area contributed by atoms with E-state index in [1.807, 2.05) is 6.07 Å². The maximum atomic E-state index is 6.15. The van der Waals surface area contributed by atoms with Crippen molar-refractivity contribution in [3.63, 3.8) is 0 Å². The van der Waals surface area contributed by atoms with Crippen LogP contribution in [0.5, 0.6) is 5.75 Å². The first-order chi connectivity index (χ1) is 9.63. The largest absolute Gasteiger partial charge is 0.494 e. The molecule has 0 aromatic carbocycles. The van der Waals surface area contributed by atoms with Crippen LogP contribution in [0.1, 0.15) is 45.3 Å². The van der Waals surface area contributed by atoms with E-state index < -0.39 is 0 Å². The first kappa shape index (κ1) is 17.6. The van der Waals surface area contributed by atoms with Crippen LogP contribution in [0.2, 0.25) is 5.02 Å². The van der Waals surface area contributed by atoms with E-state index in [1.165, 1.54) is 12.2 Å². The van der Waals surface area contributed by atoms with Gasteiger partial charge in [-0.3, -0.25) is 4.98 Å². The van der Waals surface area contributed by atoms with Gasteiger partial charge >= 0.3 is 0 Å². The van der Waals surface area contributed by atoms with Crippen molar-refractivity contribution in [1.82, 2.24) is 9.29 Å². The van der Waals surface area contributed by atoms with Crippen molar-refractivity contribution in [2.45, 2.75) is 39.7 Å². The monoisotopic (exact) mass is 318 g/mol. The van der Waals surface area contributed by atoms with Crippen LogP contribution in [0, 0.1) is 0 Å². The summed E-state index contributed by atoms with van der Waals surface area (Å²) in [6.07, 6.45) is 3.87. The van der Waals surface area contributed by atoms with E-state index in [0.717, 1.165) is 31.7 Å². The maximum Gasteiger partial charge on any atom is 0.155 e. The Morgan fingerprint density at radius 3 is 2.75 bits per heavy atom. The molecule has 1 aromatic heterocycles. The van der Waals surface area contributed by atoms with E-state index in [4.69, 9.17) is 20.5 Å². The lowest BCUT2D eigenvalue weighted by atomic mass is 10.2. The van der Waals surface area contributed by atoms with Crippen LogP contribution in [-0.4, -0.2) is 29.6 Å². The second-order valence-electron chi connectivity index (χ2n) is 4.40. The van der Waals surface area contributed by atoms with Crippen molar-refractivity contribution in [2.24, 2.45) is 0 Å². The number of rotatable bonds is 9. The summed E-state index contributed by atoms with van der Waals surface area (Å²) in [4.78, 5) is 4.40. The Morgan fingerprint density at radius 2 is 2.20 bits per heavy atom. The summed E-state index contributed by atoms with van der Waals surface area (Å²) in [7, 11) is 1.59. The van der Waals surface area contributed by atoms with Crippen molar-refractivity contribution in [1.29, 1.82) is 0 Å². The van der Waals surface area contributed by atoms with Crippen LogP contribution in [-0.2, 0) is 4.18 Å². The SMILES string of the molecule is CCCCOSN(CC)C(C)c1cc(Cl)c(OC)cn1. The molecule has 0 bridgehead atoms. The Kier molecular flexibility index (Phi) is 8.30. The molecule has 0 aliphatic carbocycles. The van der Waals surface area contributed by atoms with Gasteiger partial charge in [-0.2, -0.15) is 0 Å². The van der Waals surface area contributed by atoms with E-state index in [9.17, 15) is 0 Å². The fraction of sp³-hybridized carbons (Fsp3) is 0.643. The molecule has 0 aliphatic rings. The van der Waals surface area contributed by atoms with Crippen LogP contribution in [0.3, 0.4) is 0 Å². The number of aromatic nitrogens is 1. The van der Waals surface area contributed by atoms with E-state index in [1.54, 1.807) is 13.3 Å². The summed E-state index contributed by atoms with van der Waals surface area (Å²) in [6, 6.07) is 1.97. The zero-order valence-electron chi connectivity index (χ0n) is 12.6. The van der Waals surface area contributed by atoms with Crippen molar-refractivity contribution >= 4 is 23.8 Å². The van der Waals surface area contributed by atoms with E-state index in [0.29, 0.717) is 10.8 Å². The number of ether oxygens (including phenoxy) is 1. The van der Waals surface area contributed by atoms with Crippen LogP contribution >= 0.6 is 23.8 Å². The molecular formula is C14H23ClN2O2S. The van der Waals surface area contributed by atoms with Crippen LogP contribution in [0.25, 0.3) is 0 Å². The van der Waals surface area contributed by atoms with Crippen LogP contribution in [0.4, 0.5) is 0 Å².